The second-order valence-corrected chi connectivity index (χ2v) is 8.62. The molecule has 0 saturated carbocycles. The Morgan fingerprint density at radius 3 is 1.76 bits per heavy atom. The molecular formula is C36H22O. The molecule has 0 bridgehead atoms. The molecule has 0 amide bonds. The van der Waals surface area contributed by atoms with E-state index in [2.05, 4.69) is 0 Å². The molecule has 0 N–H and O–H groups in total. The molecule has 0 aliphatic heterocycles. The lowest BCUT2D eigenvalue weighted by molar-refractivity contribution is 0.616. The number of rotatable bonds is 2. The Morgan fingerprint density at radius 2 is 1.03 bits per heavy atom. The molecule has 0 radical (unpaired) electrons. The van der Waals surface area contributed by atoms with Gasteiger partial charge in [0, 0.05) is 5.39 Å². The second kappa shape index (κ2) is 7.81. The maximum Gasteiger partial charge on any atom is 0.134 e. The van der Waals surface area contributed by atoms with Crippen molar-refractivity contribution in [3.8, 4) is 22.3 Å². The van der Waals surface area contributed by atoms with Crippen LogP contribution in [0.15, 0.2) is 138 Å². The van der Waals surface area contributed by atoms with E-state index in [1.165, 1.54) is 0 Å². The molecule has 37 heavy (non-hydrogen) atoms. The molecule has 0 aliphatic carbocycles. The highest BCUT2D eigenvalue weighted by Crippen LogP contribution is 2.44. The van der Waals surface area contributed by atoms with Crippen LogP contribution in [0.4, 0.5) is 0 Å². The highest BCUT2D eigenvalue weighted by Gasteiger charge is 2.17. The van der Waals surface area contributed by atoms with Crippen LogP contribution in [0.1, 0.15) is 19.2 Å². The minimum absolute atomic E-state index is 0.0185. The summed E-state index contributed by atoms with van der Waals surface area (Å²) in [6.07, 6.45) is -0.532. The molecule has 0 unspecified atom stereocenters. The van der Waals surface area contributed by atoms with E-state index in [9.17, 15) is 4.11 Å². The number of benzene rings is 7. The second-order valence-electron chi connectivity index (χ2n) is 8.62. The first-order valence-electron chi connectivity index (χ1n) is 18.6. The molecule has 8 rings (SSSR count). The van der Waals surface area contributed by atoms with Crippen LogP contribution in [-0.4, -0.2) is 0 Å². The van der Waals surface area contributed by atoms with Gasteiger partial charge in [-0.3, -0.25) is 0 Å². The normalized spacial score (nSPS) is 17.1. The lowest BCUT2D eigenvalue weighted by atomic mass is 9.85. The number of hydrogen-bond acceptors (Lipinski definition) is 1. The molecule has 0 fully saturated rings. The minimum Gasteiger partial charge on any atom is -0.464 e. The molecule has 0 saturated heterocycles. The van der Waals surface area contributed by atoms with Crippen LogP contribution >= 0.6 is 0 Å². The van der Waals surface area contributed by atoms with Crippen molar-refractivity contribution >= 4 is 54.1 Å². The van der Waals surface area contributed by atoms with E-state index in [4.69, 9.17) is 19.5 Å². The van der Waals surface area contributed by atoms with E-state index in [0.717, 1.165) is 0 Å². The lowest BCUT2D eigenvalue weighted by Crippen LogP contribution is -1.91. The van der Waals surface area contributed by atoms with Crippen molar-refractivity contribution in [1.29, 1.82) is 0 Å². The summed E-state index contributed by atoms with van der Waals surface area (Å²) in [6, 6.07) is 7.64. The Hall–Kier alpha value is -4.88. The largest absolute Gasteiger partial charge is 0.464 e. The van der Waals surface area contributed by atoms with Crippen LogP contribution in [0.2, 0.25) is 0 Å². The molecule has 8 aromatic rings. The standard InChI is InChI=1S/C36H22O/c1-2-8-28-23(7-1)13-15-25-21-26(17-18-29(25)28)35-30-9-3-5-11-32(30)36(33-12-6-4-10-31(33)35)27-16-14-24-19-20-37-34(24)22-27/h1-22H/i1D,2D,7D,8D,13D,14D,15D,16D,17D,18D,19D,20D,21D,22D. The third-order valence-corrected chi connectivity index (χ3v) is 6.60. The highest BCUT2D eigenvalue weighted by molar-refractivity contribution is 6.22. The number of hydrogen-bond donors (Lipinski definition) is 0. The summed E-state index contributed by atoms with van der Waals surface area (Å²) in [6.45, 7) is 0. The molecule has 1 nitrogen and oxygen atoms in total. The molecule has 0 spiro atoms. The first kappa shape index (κ1) is 11.0. The third kappa shape index (κ3) is 3.04. The minimum atomic E-state index is -0.607. The average Bonchev–Trinajstić information content (AvgIpc) is 3.42. The summed E-state index contributed by atoms with van der Waals surface area (Å²) in [5, 5.41) is 0.801. The zero-order chi connectivity index (χ0) is 36.5. The third-order valence-electron chi connectivity index (χ3n) is 6.60. The first-order chi connectivity index (χ1) is 24.2. The van der Waals surface area contributed by atoms with Crippen molar-refractivity contribution in [1.82, 2.24) is 0 Å². The van der Waals surface area contributed by atoms with Crippen molar-refractivity contribution in [2.45, 2.75) is 0 Å². The van der Waals surface area contributed by atoms with Crippen LogP contribution in [0.3, 0.4) is 0 Å². The van der Waals surface area contributed by atoms with E-state index < -0.39 is 60.6 Å². The van der Waals surface area contributed by atoms with Gasteiger partial charge in [-0.1, -0.05) is 109 Å². The molecule has 1 heteroatoms. The maximum absolute atomic E-state index is 9.49. The SMILES string of the molecule is [2H]c1oc2c([2H])c(-c3c4ccccc4c(-c4c([2H])c([2H])c5c(c4[2H])c([2H])c([2H])c4c([2H])c([2H])c([2H])c([2H])c45)c4ccccc34)c([2H])c([2H])c2c1[2H]. The summed E-state index contributed by atoms with van der Waals surface area (Å²) in [7, 11) is 0. The van der Waals surface area contributed by atoms with Crippen LogP contribution in [0.5, 0.6) is 0 Å². The Bertz CT molecular complexity index is 2850. The molecule has 0 aliphatic rings. The summed E-state index contributed by atoms with van der Waals surface area (Å²) in [5.41, 5.74) is 0.475. The fourth-order valence-corrected chi connectivity index (χ4v) is 5.00. The fraction of sp³-hybridized carbons (Fsp3) is 0. The summed E-state index contributed by atoms with van der Waals surface area (Å²) in [5.74, 6) is 0. The first-order valence-corrected chi connectivity index (χ1v) is 11.6. The Balaban J connectivity index is 1.58. The topological polar surface area (TPSA) is 13.1 Å². The van der Waals surface area contributed by atoms with Crippen molar-refractivity contribution in [2.24, 2.45) is 0 Å². The fourth-order valence-electron chi connectivity index (χ4n) is 5.00. The van der Waals surface area contributed by atoms with Gasteiger partial charge in [-0.25, -0.2) is 0 Å². The van der Waals surface area contributed by atoms with E-state index in [1.807, 2.05) is 0 Å². The molecule has 1 heterocycles. The monoisotopic (exact) mass is 484 g/mol. The van der Waals surface area contributed by atoms with Gasteiger partial charge in [-0.05, 0) is 83.5 Å². The Kier molecular flexibility index (Phi) is 2.33. The predicted molar refractivity (Wildman–Crippen MR) is 157 cm³/mol. The van der Waals surface area contributed by atoms with Crippen molar-refractivity contribution in [3.05, 3.63) is 133 Å². The van der Waals surface area contributed by atoms with Crippen LogP contribution < -0.4 is 0 Å². The van der Waals surface area contributed by atoms with Crippen LogP contribution in [0, 0.1) is 0 Å². The Morgan fingerprint density at radius 1 is 0.459 bits per heavy atom. The highest BCUT2D eigenvalue weighted by atomic mass is 16.3. The van der Waals surface area contributed by atoms with E-state index >= 15 is 0 Å². The van der Waals surface area contributed by atoms with E-state index in [0.29, 0.717) is 32.7 Å². The van der Waals surface area contributed by atoms with Gasteiger partial charge in [0.25, 0.3) is 0 Å². The van der Waals surface area contributed by atoms with Gasteiger partial charge < -0.3 is 4.42 Å². The van der Waals surface area contributed by atoms with Crippen molar-refractivity contribution in [2.75, 3.05) is 0 Å². The molecule has 7 aromatic carbocycles. The molecule has 0 atom stereocenters. The van der Waals surface area contributed by atoms with Gasteiger partial charge in [-0.2, -0.15) is 0 Å². The van der Waals surface area contributed by atoms with Crippen molar-refractivity contribution < 1.29 is 23.6 Å². The maximum atomic E-state index is 9.49. The quantitative estimate of drug-likeness (QED) is 0.176. The summed E-state index contributed by atoms with van der Waals surface area (Å²) >= 11 is 0. The number of fused-ring (bicyclic) bond motifs is 6. The Labute approximate surface area is 233 Å². The van der Waals surface area contributed by atoms with Crippen LogP contribution in [0.25, 0.3) is 76.3 Å². The van der Waals surface area contributed by atoms with Gasteiger partial charge in [-0.15, -0.1) is 0 Å². The van der Waals surface area contributed by atoms with Gasteiger partial charge in [0.05, 0.1) is 24.1 Å². The smallest absolute Gasteiger partial charge is 0.134 e. The van der Waals surface area contributed by atoms with Crippen LogP contribution in [-0.2, 0) is 0 Å². The zero-order valence-corrected chi connectivity index (χ0v) is 19.0. The zero-order valence-electron chi connectivity index (χ0n) is 33.0. The summed E-state index contributed by atoms with van der Waals surface area (Å²) in [4.78, 5) is 0. The average molecular weight is 485 g/mol. The van der Waals surface area contributed by atoms with Gasteiger partial charge in [0.1, 0.15) is 6.95 Å². The molecular weight excluding hydrogens is 448 g/mol. The van der Waals surface area contributed by atoms with E-state index in [1.54, 1.807) is 48.5 Å². The summed E-state index contributed by atoms with van der Waals surface area (Å²) < 4.78 is 128. The molecule has 172 valence electrons. The van der Waals surface area contributed by atoms with Gasteiger partial charge in [0.2, 0.25) is 0 Å². The van der Waals surface area contributed by atoms with E-state index in [-0.39, 0.29) is 67.8 Å². The van der Waals surface area contributed by atoms with Crippen molar-refractivity contribution in [3.63, 3.8) is 0 Å². The van der Waals surface area contributed by atoms with Gasteiger partial charge >= 0.3 is 0 Å². The van der Waals surface area contributed by atoms with Gasteiger partial charge in [0.15, 0.2) is 0 Å². The number of furan rings is 1. The lowest BCUT2D eigenvalue weighted by Gasteiger charge is -2.18. The predicted octanol–water partition coefficient (Wildman–Crippen LogP) is 10.4. The molecule has 1 aromatic heterocycles.